The van der Waals surface area contributed by atoms with Crippen LogP contribution in [0.5, 0.6) is 0 Å². The Labute approximate surface area is 101 Å². The maximum absolute atomic E-state index is 5.86. The van der Waals surface area contributed by atoms with Crippen molar-refractivity contribution in [2.45, 2.75) is 44.8 Å². The lowest BCUT2D eigenvalue weighted by molar-refractivity contribution is -0.00709. The fourth-order valence-electron chi connectivity index (χ4n) is 2.22. The van der Waals surface area contributed by atoms with Crippen LogP contribution in [0, 0.1) is 0 Å². The van der Waals surface area contributed by atoms with Gasteiger partial charge in [-0.05, 0) is 25.8 Å². The summed E-state index contributed by atoms with van der Waals surface area (Å²) >= 11 is 1.73. The highest BCUT2D eigenvalue weighted by molar-refractivity contribution is 7.09. The first-order valence-electron chi connectivity index (χ1n) is 6.13. The molecular weight excluding hydrogens is 220 g/mol. The number of likely N-dealkylation sites (N-methyl/N-ethyl adjacent to an activating group) is 1. The monoisotopic (exact) mass is 240 g/mol. The van der Waals surface area contributed by atoms with Crippen LogP contribution in [0.4, 0.5) is 0 Å². The van der Waals surface area contributed by atoms with Crippen LogP contribution in [0.25, 0.3) is 0 Å². The molecule has 16 heavy (non-hydrogen) atoms. The standard InChI is InChI=1S/C12H20N2OS/c1-2-13-10(9-12-14-6-8-16-12)11-5-3-4-7-15-11/h6,8,10-11,13H,2-5,7,9H2,1H3. The summed E-state index contributed by atoms with van der Waals surface area (Å²) in [5.74, 6) is 0. The Kier molecular flexibility index (Phi) is 4.75. The van der Waals surface area contributed by atoms with Gasteiger partial charge in [0.1, 0.15) is 0 Å². The summed E-state index contributed by atoms with van der Waals surface area (Å²) in [4.78, 5) is 4.36. The first-order chi connectivity index (χ1) is 7.90. The van der Waals surface area contributed by atoms with Gasteiger partial charge in [-0.2, -0.15) is 0 Å². The van der Waals surface area contributed by atoms with Crippen molar-refractivity contribution in [3.8, 4) is 0 Å². The summed E-state index contributed by atoms with van der Waals surface area (Å²) in [6.07, 6.45) is 6.94. The molecule has 0 aromatic carbocycles. The summed E-state index contributed by atoms with van der Waals surface area (Å²) in [5, 5.41) is 6.78. The molecule has 2 atom stereocenters. The molecule has 0 saturated carbocycles. The van der Waals surface area contributed by atoms with Crippen molar-refractivity contribution in [2.24, 2.45) is 0 Å². The molecule has 1 N–H and O–H groups in total. The van der Waals surface area contributed by atoms with E-state index in [4.69, 9.17) is 4.74 Å². The molecule has 1 aromatic rings. The molecule has 2 unspecified atom stereocenters. The second kappa shape index (κ2) is 6.33. The zero-order valence-corrected chi connectivity index (χ0v) is 10.6. The molecular formula is C12H20N2OS. The Morgan fingerprint density at radius 3 is 3.19 bits per heavy atom. The number of thiazole rings is 1. The Morgan fingerprint density at radius 2 is 2.56 bits per heavy atom. The topological polar surface area (TPSA) is 34.2 Å². The Balaban J connectivity index is 1.92. The minimum atomic E-state index is 0.373. The molecule has 1 fully saturated rings. The van der Waals surface area contributed by atoms with Gasteiger partial charge in [-0.15, -0.1) is 11.3 Å². The van der Waals surface area contributed by atoms with Crippen LogP contribution < -0.4 is 5.32 Å². The van der Waals surface area contributed by atoms with Gasteiger partial charge in [0.2, 0.25) is 0 Å². The molecule has 0 bridgehead atoms. The molecule has 2 heterocycles. The third-order valence-electron chi connectivity index (χ3n) is 3.01. The lowest BCUT2D eigenvalue weighted by Crippen LogP contribution is -2.44. The number of rotatable bonds is 5. The molecule has 1 saturated heterocycles. The van der Waals surface area contributed by atoms with E-state index in [0.717, 1.165) is 19.6 Å². The van der Waals surface area contributed by atoms with Crippen molar-refractivity contribution < 1.29 is 4.74 Å². The van der Waals surface area contributed by atoms with Crippen molar-refractivity contribution in [1.29, 1.82) is 0 Å². The molecule has 90 valence electrons. The highest BCUT2D eigenvalue weighted by Gasteiger charge is 2.24. The molecule has 3 nitrogen and oxygen atoms in total. The SMILES string of the molecule is CCNC(Cc1nccs1)C1CCCCO1. The van der Waals surface area contributed by atoms with Crippen LogP contribution in [0.3, 0.4) is 0 Å². The third kappa shape index (κ3) is 3.27. The minimum absolute atomic E-state index is 0.373. The van der Waals surface area contributed by atoms with Crippen molar-refractivity contribution in [3.63, 3.8) is 0 Å². The van der Waals surface area contributed by atoms with Crippen LogP contribution in [-0.2, 0) is 11.2 Å². The number of hydrogen-bond donors (Lipinski definition) is 1. The molecule has 1 aliphatic heterocycles. The van der Waals surface area contributed by atoms with Crippen molar-refractivity contribution in [2.75, 3.05) is 13.2 Å². The minimum Gasteiger partial charge on any atom is -0.377 e. The Hall–Kier alpha value is -0.450. The summed E-state index contributed by atoms with van der Waals surface area (Å²) in [5.41, 5.74) is 0. The van der Waals surface area contributed by atoms with Crippen LogP contribution in [0.1, 0.15) is 31.2 Å². The van der Waals surface area contributed by atoms with Gasteiger partial charge < -0.3 is 10.1 Å². The molecule has 1 aromatic heterocycles. The van der Waals surface area contributed by atoms with Crippen molar-refractivity contribution in [3.05, 3.63) is 16.6 Å². The van der Waals surface area contributed by atoms with E-state index >= 15 is 0 Å². The summed E-state index contributed by atoms with van der Waals surface area (Å²) in [7, 11) is 0. The molecule has 0 aliphatic carbocycles. The second-order valence-corrected chi connectivity index (χ2v) is 5.18. The fraction of sp³-hybridized carbons (Fsp3) is 0.750. The lowest BCUT2D eigenvalue weighted by Gasteiger charge is -2.30. The lowest BCUT2D eigenvalue weighted by atomic mass is 10.00. The van der Waals surface area contributed by atoms with E-state index in [-0.39, 0.29) is 0 Å². The third-order valence-corrected chi connectivity index (χ3v) is 3.81. The predicted molar refractivity (Wildman–Crippen MR) is 66.9 cm³/mol. The maximum Gasteiger partial charge on any atom is 0.0941 e. The van der Waals surface area contributed by atoms with Gasteiger partial charge in [-0.1, -0.05) is 6.92 Å². The van der Waals surface area contributed by atoms with Gasteiger partial charge >= 0.3 is 0 Å². The number of aromatic nitrogens is 1. The average Bonchev–Trinajstić information content (AvgIpc) is 2.83. The highest BCUT2D eigenvalue weighted by Crippen LogP contribution is 2.19. The summed E-state index contributed by atoms with van der Waals surface area (Å²) in [6, 6.07) is 0.427. The summed E-state index contributed by atoms with van der Waals surface area (Å²) in [6.45, 7) is 4.07. The van der Waals surface area contributed by atoms with Gasteiger partial charge in [0.15, 0.2) is 0 Å². The van der Waals surface area contributed by atoms with Crippen LogP contribution >= 0.6 is 11.3 Å². The van der Waals surface area contributed by atoms with E-state index < -0.39 is 0 Å². The van der Waals surface area contributed by atoms with E-state index in [1.807, 2.05) is 11.6 Å². The summed E-state index contributed by atoms with van der Waals surface area (Å²) < 4.78 is 5.86. The quantitative estimate of drug-likeness (QED) is 0.857. The van der Waals surface area contributed by atoms with E-state index in [2.05, 4.69) is 17.2 Å². The van der Waals surface area contributed by atoms with Gasteiger partial charge in [-0.25, -0.2) is 4.98 Å². The van der Waals surface area contributed by atoms with Gasteiger partial charge in [0.05, 0.1) is 11.1 Å². The Bertz CT molecular complexity index is 283. The first-order valence-corrected chi connectivity index (χ1v) is 7.01. The first kappa shape index (κ1) is 12.0. The average molecular weight is 240 g/mol. The smallest absolute Gasteiger partial charge is 0.0941 e. The van der Waals surface area contributed by atoms with Gasteiger partial charge in [0, 0.05) is 30.6 Å². The van der Waals surface area contributed by atoms with E-state index in [9.17, 15) is 0 Å². The van der Waals surface area contributed by atoms with Crippen molar-refractivity contribution in [1.82, 2.24) is 10.3 Å². The zero-order valence-electron chi connectivity index (χ0n) is 9.82. The maximum atomic E-state index is 5.86. The largest absolute Gasteiger partial charge is 0.377 e. The predicted octanol–water partition coefficient (Wildman–Crippen LogP) is 2.23. The van der Waals surface area contributed by atoms with Crippen LogP contribution in [0.15, 0.2) is 11.6 Å². The van der Waals surface area contributed by atoms with E-state index in [1.54, 1.807) is 11.3 Å². The second-order valence-electron chi connectivity index (χ2n) is 4.20. The fourth-order valence-corrected chi connectivity index (χ4v) is 2.90. The number of nitrogens with zero attached hydrogens (tertiary/aromatic N) is 1. The van der Waals surface area contributed by atoms with Crippen molar-refractivity contribution >= 4 is 11.3 Å². The molecule has 4 heteroatoms. The number of ether oxygens (including phenoxy) is 1. The van der Waals surface area contributed by atoms with E-state index in [1.165, 1.54) is 24.3 Å². The molecule has 2 rings (SSSR count). The zero-order chi connectivity index (χ0) is 11.2. The van der Waals surface area contributed by atoms with Crippen LogP contribution in [-0.4, -0.2) is 30.3 Å². The molecule has 0 radical (unpaired) electrons. The normalized spacial score (nSPS) is 23.2. The number of nitrogens with one attached hydrogen (secondary N) is 1. The molecule has 1 aliphatic rings. The Morgan fingerprint density at radius 1 is 1.62 bits per heavy atom. The molecule has 0 spiro atoms. The van der Waals surface area contributed by atoms with Crippen LogP contribution in [0.2, 0.25) is 0 Å². The highest BCUT2D eigenvalue weighted by atomic mass is 32.1. The van der Waals surface area contributed by atoms with Gasteiger partial charge in [-0.3, -0.25) is 0 Å². The van der Waals surface area contributed by atoms with E-state index in [0.29, 0.717) is 12.1 Å². The van der Waals surface area contributed by atoms with Gasteiger partial charge in [0.25, 0.3) is 0 Å². The number of hydrogen-bond acceptors (Lipinski definition) is 4. The molecule has 0 amide bonds.